The molecule has 0 aliphatic heterocycles. The van der Waals surface area contributed by atoms with E-state index in [1.807, 2.05) is 25.7 Å². The molecule has 0 spiro atoms. The van der Waals surface area contributed by atoms with Crippen LogP contribution in [0.5, 0.6) is 0 Å². The first-order valence-corrected chi connectivity index (χ1v) is 9.08. The lowest BCUT2D eigenvalue weighted by Gasteiger charge is -2.21. The van der Waals surface area contributed by atoms with Crippen LogP contribution in [0.1, 0.15) is 53.2 Å². The van der Waals surface area contributed by atoms with E-state index in [0.29, 0.717) is 41.7 Å². The molecule has 1 aromatic carbocycles. The van der Waals surface area contributed by atoms with Gasteiger partial charge in [0.2, 0.25) is 5.95 Å². The van der Waals surface area contributed by atoms with Crippen molar-refractivity contribution in [3.8, 4) is 0 Å². The van der Waals surface area contributed by atoms with Crippen LogP contribution in [0, 0.1) is 6.92 Å². The number of aryl methyl sites for hydroxylation is 1. The first kappa shape index (κ1) is 20.4. The number of carbonyl (C=O) groups excluding carboxylic acids is 2. The van der Waals surface area contributed by atoms with Gasteiger partial charge in [-0.05, 0) is 50.1 Å². The molecule has 0 unspecified atom stereocenters. The Morgan fingerprint density at radius 2 is 1.70 bits per heavy atom. The Bertz CT molecular complexity index is 784. The van der Waals surface area contributed by atoms with Crippen LogP contribution in [-0.4, -0.2) is 46.9 Å². The van der Waals surface area contributed by atoms with E-state index in [-0.39, 0.29) is 5.91 Å². The molecule has 0 bridgehead atoms. The van der Waals surface area contributed by atoms with Gasteiger partial charge in [0.15, 0.2) is 0 Å². The summed E-state index contributed by atoms with van der Waals surface area (Å²) in [5, 5.41) is 3.08. The summed E-state index contributed by atoms with van der Waals surface area (Å²) in [6.07, 6.45) is 1.79. The minimum Gasteiger partial charge on any atom is -0.465 e. The monoisotopic (exact) mass is 370 g/mol. The number of benzene rings is 1. The van der Waals surface area contributed by atoms with Crippen LogP contribution in [0.15, 0.2) is 30.3 Å². The number of amides is 1. The Labute approximate surface area is 159 Å². The van der Waals surface area contributed by atoms with E-state index in [9.17, 15) is 9.59 Å². The van der Waals surface area contributed by atoms with Crippen molar-refractivity contribution in [3.05, 3.63) is 47.3 Å². The summed E-state index contributed by atoms with van der Waals surface area (Å²) in [6.45, 7) is 7.33. The molecule has 27 heavy (non-hydrogen) atoms. The van der Waals surface area contributed by atoms with Crippen molar-refractivity contribution in [2.75, 3.05) is 25.5 Å². The summed E-state index contributed by atoms with van der Waals surface area (Å²) in [6, 6.07) is 8.48. The Morgan fingerprint density at radius 1 is 1.07 bits per heavy atom. The minimum absolute atomic E-state index is 0.0895. The molecule has 0 atom stereocenters. The first-order valence-electron chi connectivity index (χ1n) is 9.08. The normalized spacial score (nSPS) is 10.4. The zero-order valence-electron chi connectivity index (χ0n) is 16.3. The number of anilines is 2. The van der Waals surface area contributed by atoms with Crippen LogP contribution in [0.3, 0.4) is 0 Å². The van der Waals surface area contributed by atoms with Gasteiger partial charge in [0.25, 0.3) is 5.91 Å². The number of rotatable bonds is 8. The van der Waals surface area contributed by atoms with Gasteiger partial charge in [0, 0.05) is 24.5 Å². The minimum atomic E-state index is -0.395. The molecule has 144 valence electrons. The van der Waals surface area contributed by atoms with Crippen molar-refractivity contribution < 1.29 is 14.3 Å². The molecule has 1 N–H and O–H groups in total. The molecule has 0 aliphatic carbocycles. The third-order valence-corrected chi connectivity index (χ3v) is 3.91. The van der Waals surface area contributed by atoms with Crippen LogP contribution in [0.25, 0.3) is 0 Å². The van der Waals surface area contributed by atoms with Crippen LogP contribution >= 0.6 is 0 Å². The Hall–Kier alpha value is -2.96. The summed E-state index contributed by atoms with van der Waals surface area (Å²) in [5.41, 5.74) is 2.25. The SMILES string of the molecule is CCCN(CCC)C(=O)c1cc(C)nc(Nc2ccc(C(=O)OC)cc2)n1. The summed E-state index contributed by atoms with van der Waals surface area (Å²) in [7, 11) is 1.34. The largest absolute Gasteiger partial charge is 0.465 e. The van der Waals surface area contributed by atoms with E-state index in [1.54, 1.807) is 30.3 Å². The quantitative estimate of drug-likeness (QED) is 0.715. The van der Waals surface area contributed by atoms with Gasteiger partial charge >= 0.3 is 5.97 Å². The second-order valence-corrected chi connectivity index (χ2v) is 6.20. The number of nitrogens with one attached hydrogen (secondary N) is 1. The standard InChI is InChI=1S/C20H26N4O3/c1-5-11-24(12-6-2)18(25)17-13-14(3)21-20(23-17)22-16-9-7-15(8-10-16)19(26)27-4/h7-10,13H,5-6,11-12H2,1-4H3,(H,21,22,23). The number of nitrogens with zero attached hydrogens (tertiary/aromatic N) is 3. The number of carbonyl (C=O) groups is 2. The molecule has 0 saturated heterocycles. The van der Waals surface area contributed by atoms with Crippen LogP contribution in [0.2, 0.25) is 0 Å². The maximum absolute atomic E-state index is 12.8. The second-order valence-electron chi connectivity index (χ2n) is 6.20. The van der Waals surface area contributed by atoms with Crippen LogP contribution in [-0.2, 0) is 4.74 Å². The first-order chi connectivity index (χ1) is 13.0. The van der Waals surface area contributed by atoms with E-state index in [1.165, 1.54) is 7.11 Å². The highest BCUT2D eigenvalue weighted by atomic mass is 16.5. The fourth-order valence-corrected chi connectivity index (χ4v) is 2.69. The zero-order valence-corrected chi connectivity index (χ0v) is 16.3. The molecule has 0 saturated carbocycles. The fourth-order valence-electron chi connectivity index (χ4n) is 2.69. The molecule has 0 radical (unpaired) electrons. The smallest absolute Gasteiger partial charge is 0.337 e. The average molecular weight is 370 g/mol. The molecule has 0 aliphatic rings. The van der Waals surface area contributed by atoms with Crippen molar-refractivity contribution >= 4 is 23.5 Å². The molecule has 0 fully saturated rings. The molecule has 7 heteroatoms. The van der Waals surface area contributed by atoms with Gasteiger partial charge in [-0.15, -0.1) is 0 Å². The highest BCUT2D eigenvalue weighted by Crippen LogP contribution is 2.16. The van der Waals surface area contributed by atoms with Crippen LogP contribution in [0.4, 0.5) is 11.6 Å². The average Bonchev–Trinajstić information content (AvgIpc) is 2.66. The molecule has 1 heterocycles. The van der Waals surface area contributed by atoms with Crippen molar-refractivity contribution in [2.24, 2.45) is 0 Å². The van der Waals surface area contributed by atoms with Crippen molar-refractivity contribution in [1.29, 1.82) is 0 Å². The summed E-state index contributed by atoms with van der Waals surface area (Å²) in [4.78, 5) is 34.8. The van der Waals surface area contributed by atoms with Gasteiger partial charge in [0.05, 0.1) is 12.7 Å². The van der Waals surface area contributed by atoms with Crippen molar-refractivity contribution in [3.63, 3.8) is 0 Å². The van der Waals surface area contributed by atoms with Crippen LogP contribution < -0.4 is 5.32 Å². The van der Waals surface area contributed by atoms with Gasteiger partial charge in [-0.25, -0.2) is 14.8 Å². The van der Waals surface area contributed by atoms with E-state index in [4.69, 9.17) is 0 Å². The predicted molar refractivity (Wildman–Crippen MR) is 104 cm³/mol. The number of esters is 1. The van der Waals surface area contributed by atoms with E-state index >= 15 is 0 Å². The lowest BCUT2D eigenvalue weighted by Crippen LogP contribution is -2.33. The number of hydrogen-bond donors (Lipinski definition) is 1. The van der Waals surface area contributed by atoms with Gasteiger partial charge < -0.3 is 15.0 Å². The van der Waals surface area contributed by atoms with Crippen molar-refractivity contribution in [2.45, 2.75) is 33.6 Å². The molecule has 7 nitrogen and oxygen atoms in total. The van der Waals surface area contributed by atoms with Gasteiger partial charge in [-0.1, -0.05) is 13.8 Å². The Balaban J connectivity index is 2.21. The third-order valence-electron chi connectivity index (χ3n) is 3.91. The molecule has 2 aromatic rings. The third kappa shape index (κ3) is 5.51. The summed E-state index contributed by atoms with van der Waals surface area (Å²) >= 11 is 0. The Morgan fingerprint density at radius 3 is 2.26 bits per heavy atom. The lowest BCUT2D eigenvalue weighted by atomic mass is 10.2. The fraction of sp³-hybridized carbons (Fsp3) is 0.400. The molecular formula is C20H26N4O3. The number of ether oxygens (including phenoxy) is 1. The summed E-state index contributed by atoms with van der Waals surface area (Å²) in [5.74, 6) is -0.140. The van der Waals surface area contributed by atoms with Gasteiger partial charge in [-0.3, -0.25) is 4.79 Å². The van der Waals surface area contributed by atoms with E-state index < -0.39 is 5.97 Å². The summed E-state index contributed by atoms with van der Waals surface area (Å²) < 4.78 is 4.69. The predicted octanol–water partition coefficient (Wildman–Crippen LogP) is 3.58. The zero-order chi connectivity index (χ0) is 19.8. The number of methoxy groups -OCH3 is 1. The molecule has 1 aromatic heterocycles. The Kier molecular flexibility index (Phi) is 7.28. The number of hydrogen-bond acceptors (Lipinski definition) is 6. The van der Waals surface area contributed by atoms with Gasteiger partial charge in [-0.2, -0.15) is 0 Å². The maximum atomic E-state index is 12.8. The molecular weight excluding hydrogens is 344 g/mol. The van der Waals surface area contributed by atoms with E-state index in [0.717, 1.165) is 12.8 Å². The van der Waals surface area contributed by atoms with E-state index in [2.05, 4.69) is 20.0 Å². The number of aromatic nitrogens is 2. The van der Waals surface area contributed by atoms with Gasteiger partial charge in [0.1, 0.15) is 5.69 Å². The topological polar surface area (TPSA) is 84.4 Å². The molecule has 1 amide bonds. The second kappa shape index (κ2) is 9.66. The van der Waals surface area contributed by atoms with Crippen molar-refractivity contribution in [1.82, 2.24) is 14.9 Å². The highest BCUT2D eigenvalue weighted by molar-refractivity contribution is 5.93. The highest BCUT2D eigenvalue weighted by Gasteiger charge is 2.17. The molecule has 2 rings (SSSR count). The lowest BCUT2D eigenvalue weighted by molar-refractivity contribution is 0.0600. The maximum Gasteiger partial charge on any atom is 0.337 e.